The minimum absolute atomic E-state index is 0.0914. The number of fused-ring (bicyclic) bond motifs is 1. The van der Waals surface area contributed by atoms with Crippen molar-refractivity contribution in [1.82, 2.24) is 19.9 Å². The van der Waals surface area contributed by atoms with Crippen molar-refractivity contribution in [3.8, 4) is 0 Å². The average molecular weight is 401 g/mol. The third-order valence-electron chi connectivity index (χ3n) is 5.59. The lowest BCUT2D eigenvalue weighted by Gasteiger charge is -2.14. The molecule has 1 saturated carbocycles. The Hall–Kier alpha value is -3.48. The quantitative estimate of drug-likeness (QED) is 0.490. The van der Waals surface area contributed by atoms with E-state index in [1.54, 1.807) is 16.8 Å². The van der Waals surface area contributed by atoms with E-state index in [9.17, 15) is 9.59 Å². The van der Waals surface area contributed by atoms with E-state index in [0.717, 1.165) is 36.3 Å². The Bertz CT molecular complexity index is 1160. The molecule has 2 aromatic heterocycles. The van der Waals surface area contributed by atoms with Crippen LogP contribution >= 0.6 is 0 Å². The van der Waals surface area contributed by atoms with Crippen LogP contribution in [0, 0.1) is 0 Å². The van der Waals surface area contributed by atoms with Gasteiger partial charge in [0.05, 0.1) is 12.6 Å². The predicted octanol–water partition coefficient (Wildman–Crippen LogP) is 3.08. The lowest BCUT2D eigenvalue weighted by atomic mass is 9.96. The molecule has 1 aromatic carbocycles. The average Bonchev–Trinajstić information content (AvgIpc) is 3.37. The van der Waals surface area contributed by atoms with Gasteiger partial charge in [-0.25, -0.2) is 4.98 Å². The number of aromatic nitrogens is 3. The molecule has 3 heterocycles. The second-order valence-corrected chi connectivity index (χ2v) is 8.13. The summed E-state index contributed by atoms with van der Waals surface area (Å²) in [5.74, 6) is 0.612. The number of carbonyl (C=O) groups is 2. The van der Waals surface area contributed by atoms with Crippen LogP contribution in [0.3, 0.4) is 0 Å². The van der Waals surface area contributed by atoms with Crippen molar-refractivity contribution < 1.29 is 9.59 Å². The summed E-state index contributed by atoms with van der Waals surface area (Å²) in [6.07, 6.45) is 6.61. The van der Waals surface area contributed by atoms with Crippen molar-refractivity contribution in [3.63, 3.8) is 0 Å². The van der Waals surface area contributed by atoms with E-state index in [4.69, 9.17) is 4.98 Å². The van der Waals surface area contributed by atoms with Gasteiger partial charge in [0.25, 0.3) is 5.91 Å². The Morgan fingerprint density at radius 2 is 2.07 bits per heavy atom. The second kappa shape index (κ2) is 7.40. The van der Waals surface area contributed by atoms with Crippen LogP contribution in [0.25, 0.3) is 11.7 Å². The van der Waals surface area contributed by atoms with Gasteiger partial charge >= 0.3 is 0 Å². The number of nitrogens with zero attached hydrogens (tertiary/aromatic N) is 3. The Kier molecular flexibility index (Phi) is 4.58. The number of benzene rings is 1. The van der Waals surface area contributed by atoms with E-state index in [0.29, 0.717) is 23.2 Å². The number of rotatable bonds is 6. The molecule has 1 aliphatic carbocycles. The van der Waals surface area contributed by atoms with Crippen LogP contribution in [-0.4, -0.2) is 32.5 Å². The largest absolute Gasteiger partial charge is 0.367 e. The van der Waals surface area contributed by atoms with E-state index in [2.05, 4.69) is 53.0 Å². The molecule has 1 saturated heterocycles. The predicted molar refractivity (Wildman–Crippen MR) is 114 cm³/mol. The first-order valence-electron chi connectivity index (χ1n) is 10.3. The van der Waals surface area contributed by atoms with E-state index >= 15 is 0 Å². The molecule has 7 nitrogen and oxygen atoms in total. The van der Waals surface area contributed by atoms with Crippen LogP contribution in [0.4, 0.5) is 5.82 Å². The molecule has 152 valence electrons. The molecule has 7 heteroatoms. The maximum atomic E-state index is 12.0. The molecule has 3 aromatic rings. The molecule has 2 amide bonds. The Balaban J connectivity index is 1.53. The maximum absolute atomic E-state index is 12.0. The van der Waals surface area contributed by atoms with E-state index < -0.39 is 0 Å². The monoisotopic (exact) mass is 401 g/mol. The van der Waals surface area contributed by atoms with Gasteiger partial charge in [-0.15, -0.1) is 0 Å². The zero-order valence-corrected chi connectivity index (χ0v) is 16.8. The van der Waals surface area contributed by atoms with Gasteiger partial charge in [0.15, 0.2) is 5.65 Å². The van der Waals surface area contributed by atoms with E-state index in [1.807, 2.05) is 6.07 Å². The fourth-order valence-corrected chi connectivity index (χ4v) is 3.80. The topological polar surface area (TPSA) is 88.4 Å². The fourth-order valence-electron chi connectivity index (χ4n) is 3.80. The van der Waals surface area contributed by atoms with Gasteiger partial charge in [0, 0.05) is 28.9 Å². The standard InChI is InChI=1S/C23H23N5O2/c1-14(15-5-3-2-4-6-15)9-19-12-20(25-18-7-8-18)28-22(26-19)17(13-24-28)10-16-11-21(29)27-23(16)30/h2-6,10,12-14,18,25H,7-9,11H2,1H3,(H,27,29,30)/b16-10+. The molecule has 2 N–H and O–H groups in total. The molecule has 1 aliphatic heterocycles. The highest BCUT2D eigenvalue weighted by atomic mass is 16.2. The summed E-state index contributed by atoms with van der Waals surface area (Å²) < 4.78 is 1.79. The molecule has 0 spiro atoms. The summed E-state index contributed by atoms with van der Waals surface area (Å²) >= 11 is 0. The normalized spacial score (nSPS) is 18.8. The smallest absolute Gasteiger partial charge is 0.254 e. The fraction of sp³-hybridized carbons (Fsp3) is 0.304. The van der Waals surface area contributed by atoms with Crippen LogP contribution in [0.15, 0.2) is 48.2 Å². The molecule has 1 atom stereocenters. The number of carbonyl (C=O) groups excluding carboxylic acids is 2. The van der Waals surface area contributed by atoms with Crippen molar-refractivity contribution in [3.05, 3.63) is 65.0 Å². The molecule has 2 fully saturated rings. The highest BCUT2D eigenvalue weighted by molar-refractivity contribution is 6.15. The van der Waals surface area contributed by atoms with Gasteiger partial charge in [0.2, 0.25) is 5.91 Å². The second-order valence-electron chi connectivity index (χ2n) is 8.13. The first-order valence-corrected chi connectivity index (χ1v) is 10.3. The number of hydrogen-bond acceptors (Lipinski definition) is 5. The van der Waals surface area contributed by atoms with E-state index in [-0.39, 0.29) is 18.2 Å². The molecule has 0 bridgehead atoms. The SMILES string of the molecule is CC(Cc1cc(NC2CC2)n2ncc(/C=C3\CC(=O)NC3=O)c2n1)c1ccccc1. The highest BCUT2D eigenvalue weighted by Gasteiger charge is 2.26. The summed E-state index contributed by atoms with van der Waals surface area (Å²) in [5.41, 5.74) is 4.11. The minimum atomic E-state index is -0.343. The first kappa shape index (κ1) is 18.5. The lowest BCUT2D eigenvalue weighted by molar-refractivity contribution is -0.124. The van der Waals surface area contributed by atoms with Gasteiger partial charge in [-0.2, -0.15) is 9.61 Å². The molecule has 30 heavy (non-hydrogen) atoms. The van der Waals surface area contributed by atoms with Crippen LogP contribution in [-0.2, 0) is 16.0 Å². The van der Waals surface area contributed by atoms with Crippen molar-refractivity contribution in [2.24, 2.45) is 0 Å². The van der Waals surface area contributed by atoms with E-state index in [1.165, 1.54) is 5.56 Å². The maximum Gasteiger partial charge on any atom is 0.254 e. The summed E-state index contributed by atoms with van der Waals surface area (Å²) in [6, 6.07) is 12.9. The van der Waals surface area contributed by atoms with Gasteiger partial charge in [-0.1, -0.05) is 37.3 Å². The molecular weight excluding hydrogens is 378 g/mol. The number of nitrogens with one attached hydrogen (secondary N) is 2. The third kappa shape index (κ3) is 3.70. The summed E-state index contributed by atoms with van der Waals surface area (Å²) in [4.78, 5) is 28.4. The van der Waals surface area contributed by atoms with Gasteiger partial charge in [-0.3, -0.25) is 14.9 Å². The summed E-state index contributed by atoms with van der Waals surface area (Å²) in [5, 5.41) is 10.4. The third-order valence-corrected chi connectivity index (χ3v) is 5.59. The first-order chi connectivity index (χ1) is 14.6. The van der Waals surface area contributed by atoms with Crippen molar-refractivity contribution >= 4 is 29.4 Å². The van der Waals surface area contributed by atoms with Crippen molar-refractivity contribution in [2.45, 2.75) is 44.6 Å². The minimum Gasteiger partial charge on any atom is -0.367 e. The molecule has 2 aliphatic rings. The van der Waals surface area contributed by atoms with Crippen LogP contribution < -0.4 is 10.6 Å². The number of anilines is 1. The Labute approximate surface area is 174 Å². The summed E-state index contributed by atoms with van der Waals surface area (Å²) in [7, 11) is 0. The Morgan fingerprint density at radius 3 is 2.77 bits per heavy atom. The lowest BCUT2D eigenvalue weighted by Crippen LogP contribution is -2.19. The summed E-state index contributed by atoms with van der Waals surface area (Å²) in [6.45, 7) is 2.20. The molecule has 0 radical (unpaired) electrons. The van der Waals surface area contributed by atoms with Crippen molar-refractivity contribution in [2.75, 3.05) is 5.32 Å². The number of hydrogen-bond donors (Lipinski definition) is 2. The Morgan fingerprint density at radius 1 is 1.27 bits per heavy atom. The zero-order chi connectivity index (χ0) is 20.7. The highest BCUT2D eigenvalue weighted by Crippen LogP contribution is 2.28. The molecule has 1 unspecified atom stereocenters. The molecule has 5 rings (SSSR count). The number of amides is 2. The number of imide groups is 1. The zero-order valence-electron chi connectivity index (χ0n) is 16.8. The van der Waals surface area contributed by atoms with Crippen molar-refractivity contribution in [1.29, 1.82) is 0 Å². The molecular formula is C23H23N5O2. The van der Waals surface area contributed by atoms with Gasteiger partial charge < -0.3 is 5.32 Å². The van der Waals surface area contributed by atoms with Crippen LogP contribution in [0.2, 0.25) is 0 Å². The van der Waals surface area contributed by atoms with Crippen LogP contribution in [0.5, 0.6) is 0 Å². The van der Waals surface area contributed by atoms with Gasteiger partial charge in [-0.05, 0) is 36.8 Å². The van der Waals surface area contributed by atoms with Crippen LogP contribution in [0.1, 0.15) is 48.9 Å². The van der Waals surface area contributed by atoms with Gasteiger partial charge in [0.1, 0.15) is 5.82 Å².